The van der Waals surface area contributed by atoms with E-state index in [0.29, 0.717) is 0 Å². The van der Waals surface area contributed by atoms with Gasteiger partial charge in [-0.1, -0.05) is 196 Å². The topological polar surface area (TPSA) is 0 Å². The lowest BCUT2D eigenvalue weighted by Crippen LogP contribution is -1.93. The van der Waals surface area contributed by atoms with Crippen molar-refractivity contribution < 1.29 is 0 Å². The van der Waals surface area contributed by atoms with Crippen LogP contribution in [0, 0.1) is 0 Å². The summed E-state index contributed by atoms with van der Waals surface area (Å²) in [6, 6.07) is 15.8. The molecule has 0 saturated heterocycles. The monoisotopic (exact) mass is 1150 g/mol. The first-order chi connectivity index (χ1) is 38.5. The number of hydrogen-bond donors (Lipinski definition) is 0. The van der Waals surface area contributed by atoms with Gasteiger partial charge in [-0.2, -0.15) is 0 Å². The molecule has 6 heteroatoms. The first-order valence-electron chi connectivity index (χ1n) is 32.4. The van der Waals surface area contributed by atoms with Gasteiger partial charge in [-0.25, -0.2) is 0 Å². The molecule has 0 fully saturated rings. The Morgan fingerprint density at radius 3 is 0.718 bits per heavy atom. The van der Waals surface area contributed by atoms with E-state index in [4.69, 9.17) is 0 Å². The van der Waals surface area contributed by atoms with Crippen molar-refractivity contribution in [3.63, 3.8) is 0 Å². The maximum atomic E-state index is 2.72. The third kappa shape index (κ3) is 14.4. The smallest absolute Gasteiger partial charge is 0.0455 e. The Balaban J connectivity index is 1.12. The molecule has 0 atom stereocenters. The standard InChI is InChI=1S/C72H98S6/c1-7-13-19-22-25-28-31-34-40-52-58-44-46-73-67(58)53(38-17-11-5)59-47-63(76-70(52)59)66-50-62-56(42-36-33-30-27-24-21-15-9-3)72-61(55(39-18-12-6)71(62)77-66)49-65(78-72)64-48-60-54(41-35-32-29-26-23-20-14-8-2)68-57(43-45-74-68)51(37-16-10-4)69(60)75-64/h43-50H,7-42H2,1-6H3. The first kappa shape index (κ1) is 60.0. The van der Waals surface area contributed by atoms with Gasteiger partial charge in [0.25, 0.3) is 0 Å². The van der Waals surface area contributed by atoms with E-state index >= 15 is 0 Å². The summed E-state index contributed by atoms with van der Waals surface area (Å²) in [6.45, 7) is 14.1. The minimum Gasteiger partial charge on any atom is -0.143 e. The molecular formula is C72H98S6. The molecule has 6 heterocycles. The fourth-order valence-electron chi connectivity index (χ4n) is 13.0. The Bertz CT molecular complexity index is 3040. The summed E-state index contributed by atoms with van der Waals surface area (Å²) < 4.78 is 9.55. The molecule has 9 aromatic rings. The number of unbranched alkanes of at least 4 members (excludes halogenated alkanes) is 24. The molecule has 78 heavy (non-hydrogen) atoms. The van der Waals surface area contributed by atoms with Gasteiger partial charge in [0.05, 0.1) is 0 Å². The van der Waals surface area contributed by atoms with Crippen molar-refractivity contribution in [2.45, 2.75) is 273 Å². The van der Waals surface area contributed by atoms with Gasteiger partial charge < -0.3 is 0 Å². The molecule has 9 rings (SSSR count). The molecule has 0 aliphatic carbocycles. The SMILES string of the molecule is CCCCCCCCCCc1c2cc(-c3cc4c(CCCC)c5sc(-c6cc7c(CCCC)c8sccc8c(CCCCCCCCCC)c7s6)cc5c(CCCCCCCCCC)c4s3)sc2c(CCCC)c2ccsc12. The van der Waals surface area contributed by atoms with E-state index in [1.165, 1.54) is 244 Å². The zero-order valence-corrected chi connectivity index (χ0v) is 54.4. The average molecular weight is 1160 g/mol. The second kappa shape index (κ2) is 31.2. The molecule has 0 radical (unpaired) electrons. The van der Waals surface area contributed by atoms with E-state index in [1.807, 2.05) is 22.7 Å². The highest BCUT2D eigenvalue weighted by Gasteiger charge is 2.25. The summed E-state index contributed by atoms with van der Waals surface area (Å²) in [5.41, 5.74) is 9.86. The van der Waals surface area contributed by atoms with Crippen LogP contribution in [-0.2, 0) is 38.5 Å². The third-order valence-electron chi connectivity index (χ3n) is 17.5. The van der Waals surface area contributed by atoms with Crippen molar-refractivity contribution >= 4 is 129 Å². The molecule has 0 unspecified atom stereocenters. The van der Waals surface area contributed by atoms with E-state index < -0.39 is 0 Å². The predicted molar refractivity (Wildman–Crippen MR) is 364 cm³/mol. The molecule has 422 valence electrons. The molecule has 0 spiro atoms. The van der Waals surface area contributed by atoms with Gasteiger partial charge in [-0.05, 0) is 190 Å². The van der Waals surface area contributed by atoms with Crippen molar-refractivity contribution in [1.29, 1.82) is 0 Å². The summed E-state index contributed by atoms with van der Waals surface area (Å²) in [7, 11) is 0. The second-order valence-electron chi connectivity index (χ2n) is 23.6. The lowest BCUT2D eigenvalue weighted by Gasteiger charge is -2.11. The lowest BCUT2D eigenvalue weighted by molar-refractivity contribution is 0.576. The van der Waals surface area contributed by atoms with Gasteiger partial charge >= 0.3 is 0 Å². The van der Waals surface area contributed by atoms with Gasteiger partial charge in [-0.15, -0.1) is 68.0 Å². The van der Waals surface area contributed by atoms with E-state index in [2.05, 4.69) is 134 Å². The number of benzene rings is 3. The quantitative estimate of drug-likeness (QED) is 0.0338. The van der Waals surface area contributed by atoms with E-state index in [9.17, 15) is 0 Å². The number of rotatable bonds is 38. The second-order valence-corrected chi connectivity index (χ2v) is 29.6. The van der Waals surface area contributed by atoms with Crippen molar-refractivity contribution in [2.75, 3.05) is 0 Å². The lowest BCUT2D eigenvalue weighted by atomic mass is 9.94. The zero-order chi connectivity index (χ0) is 54.1. The minimum absolute atomic E-state index is 1.16. The van der Waals surface area contributed by atoms with Gasteiger partial charge in [0.15, 0.2) is 0 Å². The third-order valence-corrected chi connectivity index (χ3v) is 24.6. The van der Waals surface area contributed by atoms with Crippen LogP contribution in [0.2, 0.25) is 0 Å². The maximum absolute atomic E-state index is 2.72. The molecule has 0 bridgehead atoms. The van der Waals surface area contributed by atoms with Crippen LogP contribution in [0.15, 0.2) is 47.2 Å². The Hall–Kier alpha value is -2.58. The minimum atomic E-state index is 1.16. The van der Waals surface area contributed by atoms with Crippen molar-refractivity contribution in [2.24, 2.45) is 0 Å². The molecular weight excluding hydrogens is 1060 g/mol. The van der Waals surface area contributed by atoms with Gasteiger partial charge in [0.1, 0.15) is 0 Å². The number of hydrogen-bond acceptors (Lipinski definition) is 6. The van der Waals surface area contributed by atoms with Crippen LogP contribution < -0.4 is 0 Å². The van der Waals surface area contributed by atoms with Crippen LogP contribution in [0.3, 0.4) is 0 Å². The Kier molecular flexibility index (Phi) is 24.0. The van der Waals surface area contributed by atoms with Crippen LogP contribution in [-0.4, -0.2) is 0 Å². The average Bonchev–Trinajstić information content (AvgIpc) is 4.39. The van der Waals surface area contributed by atoms with Crippen LogP contribution in [0.5, 0.6) is 0 Å². The van der Waals surface area contributed by atoms with Crippen LogP contribution in [0.25, 0.3) is 80.0 Å². The predicted octanol–water partition coefficient (Wildman–Crippen LogP) is 27.4. The van der Waals surface area contributed by atoms with Gasteiger partial charge in [0.2, 0.25) is 0 Å². The molecule has 0 amide bonds. The fourth-order valence-corrected chi connectivity index (χ4v) is 20.3. The molecule has 0 saturated carbocycles. The summed E-state index contributed by atoms with van der Waals surface area (Å²) >= 11 is 12.6. The van der Waals surface area contributed by atoms with Crippen LogP contribution in [0.4, 0.5) is 0 Å². The molecule has 0 N–H and O–H groups in total. The van der Waals surface area contributed by atoms with Crippen molar-refractivity contribution in [3.05, 3.63) is 80.5 Å². The fraction of sp³-hybridized carbons (Fsp3) is 0.583. The molecule has 0 aliphatic rings. The van der Waals surface area contributed by atoms with Crippen molar-refractivity contribution in [3.8, 4) is 19.5 Å². The number of thiophene rings is 6. The van der Waals surface area contributed by atoms with E-state index in [0.717, 1.165) is 6.42 Å². The highest BCUT2D eigenvalue weighted by atomic mass is 32.1. The largest absolute Gasteiger partial charge is 0.143 e. The highest BCUT2D eigenvalue weighted by molar-refractivity contribution is 7.30. The Labute approximate surface area is 497 Å². The summed E-state index contributed by atoms with van der Waals surface area (Å²) in [4.78, 5) is 6.04. The zero-order valence-electron chi connectivity index (χ0n) is 49.5. The Morgan fingerprint density at radius 2 is 0.449 bits per heavy atom. The Morgan fingerprint density at radius 1 is 0.231 bits per heavy atom. The van der Waals surface area contributed by atoms with E-state index in [1.54, 1.807) is 93.9 Å². The molecule has 3 aromatic carbocycles. The van der Waals surface area contributed by atoms with Crippen LogP contribution in [0.1, 0.15) is 268 Å². The number of fused-ring (bicyclic) bond motifs is 6. The summed E-state index contributed by atoms with van der Waals surface area (Å²) in [5.74, 6) is 0. The van der Waals surface area contributed by atoms with Gasteiger partial charge in [0, 0.05) is 47.7 Å². The molecule has 6 aromatic heterocycles. The maximum Gasteiger partial charge on any atom is 0.0455 e. The summed E-state index contributed by atoms with van der Waals surface area (Å²) in [6.07, 6.45) is 47.5. The molecule has 0 aliphatic heterocycles. The first-order valence-corrected chi connectivity index (χ1v) is 37.5. The normalized spacial score (nSPS) is 12.3. The van der Waals surface area contributed by atoms with Gasteiger partial charge in [-0.3, -0.25) is 0 Å². The van der Waals surface area contributed by atoms with Crippen molar-refractivity contribution in [1.82, 2.24) is 0 Å². The summed E-state index contributed by atoms with van der Waals surface area (Å²) in [5, 5.41) is 14.2. The molecule has 0 nitrogen and oxygen atoms in total. The number of aryl methyl sites for hydroxylation is 6. The van der Waals surface area contributed by atoms with E-state index in [-0.39, 0.29) is 0 Å². The highest BCUT2D eigenvalue weighted by Crippen LogP contribution is 2.52. The van der Waals surface area contributed by atoms with Crippen LogP contribution >= 0.6 is 68.0 Å².